The zero-order valence-corrected chi connectivity index (χ0v) is 16.1. The fourth-order valence-corrected chi connectivity index (χ4v) is 4.53. The summed E-state index contributed by atoms with van der Waals surface area (Å²) in [4.78, 5) is 0. The van der Waals surface area contributed by atoms with Crippen molar-refractivity contribution in [2.75, 3.05) is 5.32 Å². The number of aromatic nitrogens is 2. The van der Waals surface area contributed by atoms with Crippen LogP contribution < -0.4 is 5.32 Å². The Morgan fingerprint density at radius 3 is 2.30 bits per heavy atom. The van der Waals surface area contributed by atoms with Gasteiger partial charge in [-0.3, -0.25) is 4.68 Å². The zero-order valence-electron chi connectivity index (χ0n) is 11.4. The van der Waals surface area contributed by atoms with Gasteiger partial charge in [-0.05, 0) is 63.4 Å². The summed E-state index contributed by atoms with van der Waals surface area (Å²) in [5.41, 5.74) is 3.39. The lowest BCUT2D eigenvalue weighted by molar-refractivity contribution is 0.619. The van der Waals surface area contributed by atoms with E-state index in [0.29, 0.717) is 0 Å². The van der Waals surface area contributed by atoms with Crippen LogP contribution >= 0.6 is 47.8 Å². The minimum atomic E-state index is 0.750. The van der Waals surface area contributed by atoms with Gasteiger partial charge < -0.3 is 5.32 Å². The van der Waals surface area contributed by atoms with Crippen molar-refractivity contribution in [3.63, 3.8) is 0 Å². The summed E-state index contributed by atoms with van der Waals surface area (Å²) in [6.45, 7) is 5.88. The van der Waals surface area contributed by atoms with E-state index >= 15 is 0 Å². The van der Waals surface area contributed by atoms with Crippen molar-refractivity contribution in [1.29, 1.82) is 0 Å². The average molecular weight is 466 g/mol. The first-order chi connectivity index (χ1) is 9.55. The van der Waals surface area contributed by atoms with Crippen molar-refractivity contribution < 1.29 is 0 Å². The molecule has 6 heteroatoms. The molecule has 1 aromatic heterocycles. The van der Waals surface area contributed by atoms with Crippen molar-refractivity contribution in [3.05, 3.63) is 43.0 Å². The topological polar surface area (TPSA) is 29.9 Å². The maximum Gasteiger partial charge on any atom is 0.0632 e. The number of nitrogens with zero attached hydrogens (tertiary/aromatic N) is 2. The summed E-state index contributed by atoms with van der Waals surface area (Å²) in [7, 11) is 0. The van der Waals surface area contributed by atoms with E-state index in [9.17, 15) is 0 Å². The van der Waals surface area contributed by atoms with E-state index in [-0.39, 0.29) is 0 Å². The molecule has 1 aromatic carbocycles. The molecule has 0 spiro atoms. The Labute approximate surface area is 144 Å². The summed E-state index contributed by atoms with van der Waals surface area (Å²) in [5, 5.41) is 8.03. The second kappa shape index (κ2) is 7.09. The van der Waals surface area contributed by atoms with E-state index in [1.807, 2.05) is 16.8 Å². The molecule has 0 aliphatic rings. The third-order valence-corrected chi connectivity index (χ3v) is 4.74. The average Bonchev–Trinajstić information content (AvgIpc) is 2.80. The normalized spacial score (nSPS) is 10.8. The van der Waals surface area contributed by atoms with E-state index in [0.717, 1.165) is 44.3 Å². The molecule has 0 saturated heterocycles. The Kier molecular flexibility index (Phi) is 5.69. The van der Waals surface area contributed by atoms with Gasteiger partial charge in [0, 0.05) is 20.0 Å². The molecule has 0 aliphatic carbocycles. The number of nitrogens with one attached hydrogen (secondary N) is 1. The summed E-state index contributed by atoms with van der Waals surface area (Å²) < 4.78 is 5.13. The minimum absolute atomic E-state index is 0.750. The lowest BCUT2D eigenvalue weighted by Gasteiger charge is -2.12. The minimum Gasteiger partial charge on any atom is -0.378 e. The van der Waals surface area contributed by atoms with Gasteiger partial charge in [-0.1, -0.05) is 22.9 Å². The molecular weight excluding hydrogens is 450 g/mol. The second-order valence-corrected chi connectivity index (χ2v) is 7.02. The number of aryl methyl sites for hydroxylation is 2. The highest BCUT2D eigenvalue weighted by atomic mass is 79.9. The van der Waals surface area contributed by atoms with Crippen LogP contribution in [0.4, 0.5) is 5.69 Å². The van der Waals surface area contributed by atoms with Gasteiger partial charge in [0.05, 0.1) is 23.6 Å². The summed E-state index contributed by atoms with van der Waals surface area (Å²) in [5.74, 6) is 0. The van der Waals surface area contributed by atoms with Crippen molar-refractivity contribution >= 4 is 53.5 Å². The Morgan fingerprint density at radius 2 is 1.75 bits per heavy atom. The molecule has 0 atom stereocenters. The van der Waals surface area contributed by atoms with E-state index in [1.54, 1.807) is 0 Å². The van der Waals surface area contributed by atoms with Crippen LogP contribution in [0.2, 0.25) is 0 Å². The predicted octanol–water partition coefficient (Wildman–Crippen LogP) is 5.37. The first-order valence-electron chi connectivity index (χ1n) is 6.49. The molecule has 1 heterocycles. The standard InChI is InChI=1S/C14H16Br3N3/c1-3-10-7-11(20(4-2)19-10)8-18-14-12(16)5-9(15)6-13(14)17/h5-7,18H,3-4,8H2,1-2H3. The summed E-state index contributed by atoms with van der Waals surface area (Å²) >= 11 is 10.6. The SMILES string of the molecule is CCc1cc(CNc2c(Br)cc(Br)cc2Br)n(CC)n1. The lowest BCUT2D eigenvalue weighted by Crippen LogP contribution is -2.08. The van der Waals surface area contributed by atoms with Crippen LogP contribution in [0.3, 0.4) is 0 Å². The molecule has 0 fully saturated rings. The van der Waals surface area contributed by atoms with Gasteiger partial charge in [0.15, 0.2) is 0 Å². The Bertz CT molecular complexity index is 585. The van der Waals surface area contributed by atoms with Gasteiger partial charge in [-0.15, -0.1) is 0 Å². The largest absolute Gasteiger partial charge is 0.378 e. The van der Waals surface area contributed by atoms with Crippen molar-refractivity contribution in [1.82, 2.24) is 9.78 Å². The lowest BCUT2D eigenvalue weighted by atomic mass is 10.3. The third-order valence-electron chi connectivity index (χ3n) is 3.03. The predicted molar refractivity (Wildman–Crippen MR) is 94.1 cm³/mol. The number of benzene rings is 1. The Hall–Kier alpha value is -0.330. The van der Waals surface area contributed by atoms with E-state index < -0.39 is 0 Å². The van der Waals surface area contributed by atoms with Gasteiger partial charge in [0.1, 0.15) is 0 Å². The quantitative estimate of drug-likeness (QED) is 0.643. The van der Waals surface area contributed by atoms with Crippen molar-refractivity contribution in [2.45, 2.75) is 33.4 Å². The number of hydrogen-bond donors (Lipinski definition) is 1. The molecule has 1 N–H and O–H groups in total. The fourth-order valence-electron chi connectivity index (χ4n) is 1.99. The van der Waals surface area contributed by atoms with E-state index in [2.05, 4.69) is 78.1 Å². The van der Waals surface area contributed by atoms with Crippen LogP contribution in [0.15, 0.2) is 31.6 Å². The molecular formula is C14H16Br3N3. The van der Waals surface area contributed by atoms with Crippen LogP contribution in [0.25, 0.3) is 0 Å². The Morgan fingerprint density at radius 1 is 1.10 bits per heavy atom. The highest BCUT2D eigenvalue weighted by Crippen LogP contribution is 2.34. The fraction of sp³-hybridized carbons (Fsp3) is 0.357. The second-order valence-electron chi connectivity index (χ2n) is 4.39. The smallest absolute Gasteiger partial charge is 0.0632 e. The van der Waals surface area contributed by atoms with E-state index in [1.165, 1.54) is 5.69 Å². The van der Waals surface area contributed by atoms with Crippen LogP contribution in [-0.4, -0.2) is 9.78 Å². The number of rotatable bonds is 5. The highest BCUT2D eigenvalue weighted by molar-refractivity contribution is 9.11. The molecule has 2 aromatic rings. The van der Waals surface area contributed by atoms with Gasteiger partial charge in [-0.25, -0.2) is 0 Å². The van der Waals surface area contributed by atoms with Gasteiger partial charge in [0.25, 0.3) is 0 Å². The Balaban J connectivity index is 2.18. The molecule has 0 bridgehead atoms. The van der Waals surface area contributed by atoms with Crippen molar-refractivity contribution in [2.24, 2.45) is 0 Å². The molecule has 2 rings (SSSR count). The molecule has 0 radical (unpaired) electrons. The molecule has 0 amide bonds. The van der Waals surface area contributed by atoms with Gasteiger partial charge >= 0.3 is 0 Å². The highest BCUT2D eigenvalue weighted by Gasteiger charge is 2.09. The summed E-state index contributed by atoms with van der Waals surface area (Å²) in [6, 6.07) is 6.22. The first kappa shape index (κ1) is 16.0. The molecule has 0 saturated carbocycles. The van der Waals surface area contributed by atoms with Crippen LogP contribution in [0.5, 0.6) is 0 Å². The molecule has 0 unspecified atom stereocenters. The molecule has 108 valence electrons. The maximum absolute atomic E-state index is 4.56. The van der Waals surface area contributed by atoms with Crippen LogP contribution in [-0.2, 0) is 19.5 Å². The molecule has 0 aliphatic heterocycles. The third kappa shape index (κ3) is 3.65. The van der Waals surface area contributed by atoms with Crippen LogP contribution in [0.1, 0.15) is 25.2 Å². The maximum atomic E-state index is 4.56. The van der Waals surface area contributed by atoms with E-state index in [4.69, 9.17) is 0 Å². The first-order valence-corrected chi connectivity index (χ1v) is 8.87. The number of hydrogen-bond acceptors (Lipinski definition) is 2. The molecule has 20 heavy (non-hydrogen) atoms. The van der Waals surface area contributed by atoms with Crippen molar-refractivity contribution in [3.8, 4) is 0 Å². The number of anilines is 1. The summed E-state index contributed by atoms with van der Waals surface area (Å²) in [6.07, 6.45) is 0.964. The van der Waals surface area contributed by atoms with Gasteiger partial charge in [-0.2, -0.15) is 5.10 Å². The molecule has 3 nitrogen and oxygen atoms in total. The van der Waals surface area contributed by atoms with Crippen LogP contribution in [0, 0.1) is 0 Å². The number of halogens is 3. The van der Waals surface area contributed by atoms with Gasteiger partial charge in [0.2, 0.25) is 0 Å². The monoisotopic (exact) mass is 463 g/mol. The zero-order chi connectivity index (χ0) is 14.7.